The second-order valence-electron chi connectivity index (χ2n) is 15.1. The number of primary amides is 1. The highest BCUT2D eigenvalue weighted by Crippen LogP contribution is 2.36. The Hall–Kier alpha value is -6.32. The van der Waals surface area contributed by atoms with Crippen LogP contribution in [0.25, 0.3) is 21.8 Å². The molecule has 1 fully saturated rings. The van der Waals surface area contributed by atoms with Gasteiger partial charge in [-0.15, -0.1) is 0 Å². The molecule has 0 unspecified atom stereocenters. The average Bonchev–Trinajstić information content (AvgIpc) is 3.26. The van der Waals surface area contributed by atoms with Crippen molar-refractivity contribution >= 4 is 62.7 Å². The van der Waals surface area contributed by atoms with Gasteiger partial charge in [-0.05, 0) is 50.3 Å². The van der Waals surface area contributed by atoms with Crippen molar-refractivity contribution in [2.45, 2.75) is 95.3 Å². The number of anilines is 1. The fraction of sp³-hybridized carbons (Fsp3) is 0.442. The number of aliphatic hydroxyl groups is 2. The summed E-state index contributed by atoms with van der Waals surface area (Å²) in [5, 5.41) is 47.5. The van der Waals surface area contributed by atoms with E-state index in [4.69, 9.17) is 19.9 Å². The normalized spacial score (nSPS) is 19.4. The second kappa shape index (κ2) is 23.2. The van der Waals surface area contributed by atoms with E-state index < -0.39 is 84.5 Å². The molecule has 20 heteroatoms. The Kier molecular flexibility index (Phi) is 17.6. The predicted molar refractivity (Wildman–Crippen MR) is 230 cm³/mol. The number of nitrogens with one attached hydrogen (secondary N) is 5. The number of pyridine rings is 1. The molecule has 1 aromatic heterocycles. The summed E-state index contributed by atoms with van der Waals surface area (Å²) in [7, 11) is 0. The smallest absolute Gasteiger partial charge is 0.280 e. The fourth-order valence-electron chi connectivity index (χ4n) is 7.15. The number of benzene rings is 3. The van der Waals surface area contributed by atoms with Crippen LogP contribution in [0, 0.1) is 10.1 Å². The molecule has 0 aliphatic carbocycles. The summed E-state index contributed by atoms with van der Waals surface area (Å²) in [6, 6.07) is 17.8. The zero-order chi connectivity index (χ0) is 45.5. The van der Waals surface area contributed by atoms with E-state index in [9.17, 15) is 44.3 Å². The number of rotatable bonds is 23. The Labute approximate surface area is 362 Å². The third-order valence-corrected chi connectivity index (χ3v) is 10.3. The monoisotopic (exact) mass is 874 g/mol. The lowest BCUT2D eigenvalue weighted by molar-refractivity contribution is -0.383. The number of carbonyl (C=O) groups excluding carboxylic acids is 5. The largest absolute Gasteiger partial charge is 0.394 e. The number of carbonyl (C=O) groups is 5. The summed E-state index contributed by atoms with van der Waals surface area (Å²) < 4.78 is 17.4. The summed E-state index contributed by atoms with van der Waals surface area (Å²) >= 11 is 0. The number of fused-ring (bicyclic) bond motifs is 2. The van der Waals surface area contributed by atoms with E-state index in [1.54, 1.807) is 12.1 Å². The summed E-state index contributed by atoms with van der Waals surface area (Å²) in [5.74, 6) is -3.29. The minimum Gasteiger partial charge on any atom is -0.394 e. The minimum atomic E-state index is -1.48. The number of hydrogen-bond donors (Lipinski definition) is 8. The molecule has 4 aromatic rings. The first-order chi connectivity index (χ1) is 30.3. The molecule has 0 radical (unpaired) electrons. The van der Waals surface area contributed by atoms with E-state index >= 15 is 0 Å². The van der Waals surface area contributed by atoms with Crippen LogP contribution < -0.4 is 32.3 Å². The second-order valence-corrected chi connectivity index (χ2v) is 15.1. The van der Waals surface area contributed by atoms with Crippen molar-refractivity contribution in [2.24, 2.45) is 5.73 Å². The van der Waals surface area contributed by atoms with Gasteiger partial charge in [0.2, 0.25) is 29.5 Å². The molecule has 9 N–H and O–H groups in total. The molecule has 1 aliphatic heterocycles. The van der Waals surface area contributed by atoms with Crippen LogP contribution in [0.5, 0.6) is 0 Å². The van der Waals surface area contributed by atoms with E-state index in [0.717, 1.165) is 17.4 Å². The minimum absolute atomic E-state index is 0.0389. The molecule has 5 rings (SSSR count). The van der Waals surface area contributed by atoms with Crippen molar-refractivity contribution in [3.05, 3.63) is 88.5 Å². The lowest BCUT2D eigenvalue weighted by atomic mass is 9.96. The molecule has 63 heavy (non-hydrogen) atoms. The van der Waals surface area contributed by atoms with Crippen LogP contribution in [0.3, 0.4) is 0 Å². The predicted octanol–water partition coefficient (Wildman–Crippen LogP) is 1.43. The van der Waals surface area contributed by atoms with Gasteiger partial charge in [0.05, 0.1) is 34.9 Å². The van der Waals surface area contributed by atoms with Gasteiger partial charge in [0.25, 0.3) is 5.69 Å². The van der Waals surface area contributed by atoms with E-state index in [1.165, 1.54) is 19.9 Å². The number of para-hydroxylation sites is 1. The first-order valence-corrected chi connectivity index (χ1v) is 20.6. The summed E-state index contributed by atoms with van der Waals surface area (Å²) in [6.45, 7) is 2.23. The van der Waals surface area contributed by atoms with Crippen LogP contribution in [0.2, 0.25) is 0 Å². The zero-order valence-corrected chi connectivity index (χ0v) is 35.0. The molecule has 7 atom stereocenters. The van der Waals surface area contributed by atoms with Gasteiger partial charge >= 0.3 is 0 Å². The molecular formula is C43H54N8O12. The molecule has 0 bridgehead atoms. The van der Waals surface area contributed by atoms with E-state index in [0.29, 0.717) is 48.0 Å². The third kappa shape index (κ3) is 13.3. The van der Waals surface area contributed by atoms with Gasteiger partial charge < -0.3 is 56.7 Å². The zero-order valence-electron chi connectivity index (χ0n) is 35.0. The van der Waals surface area contributed by atoms with E-state index in [-0.39, 0.29) is 31.0 Å². The van der Waals surface area contributed by atoms with Crippen LogP contribution >= 0.6 is 0 Å². The van der Waals surface area contributed by atoms with Crippen LogP contribution in [0.15, 0.2) is 72.8 Å². The molecule has 0 spiro atoms. The molecule has 5 amide bonds. The van der Waals surface area contributed by atoms with Gasteiger partial charge in [-0.3, -0.25) is 34.1 Å². The highest BCUT2D eigenvalue weighted by atomic mass is 16.7. The van der Waals surface area contributed by atoms with Crippen molar-refractivity contribution in [1.29, 1.82) is 0 Å². The molecule has 338 valence electrons. The number of nitrogens with two attached hydrogens (primary N) is 1. The van der Waals surface area contributed by atoms with Crippen molar-refractivity contribution in [2.75, 3.05) is 31.6 Å². The van der Waals surface area contributed by atoms with Gasteiger partial charge in [0, 0.05) is 37.9 Å². The molecular weight excluding hydrogens is 821 g/mol. The summed E-state index contributed by atoms with van der Waals surface area (Å²) in [6.07, 6.45) is -3.27. The van der Waals surface area contributed by atoms with Gasteiger partial charge in [-0.1, -0.05) is 54.6 Å². The van der Waals surface area contributed by atoms with Crippen molar-refractivity contribution in [1.82, 2.24) is 26.3 Å². The number of non-ortho nitro benzene ring substituents is 1. The van der Waals surface area contributed by atoms with E-state index in [1.807, 2.05) is 54.6 Å². The lowest BCUT2D eigenvalue weighted by Crippen LogP contribution is -2.65. The Morgan fingerprint density at radius 3 is 2.35 bits per heavy atom. The summed E-state index contributed by atoms with van der Waals surface area (Å²) in [4.78, 5) is 78.9. The number of ether oxygens (including phenoxy) is 3. The first-order valence-electron chi connectivity index (χ1n) is 20.6. The van der Waals surface area contributed by atoms with Crippen molar-refractivity contribution in [3.8, 4) is 0 Å². The molecule has 0 saturated carbocycles. The summed E-state index contributed by atoms with van der Waals surface area (Å²) in [5.41, 5.74) is 8.13. The van der Waals surface area contributed by atoms with Gasteiger partial charge in [-0.25, -0.2) is 4.98 Å². The maximum atomic E-state index is 13.0. The molecule has 1 aliphatic rings. The standard InChI is InChI=1S/C43H54N8O12/c1-25(47-35(55)24-61-40-38(48-26(2)53)43(63-33(22-52)39(40)56)62-23-27-12-5-3-6-13-27)42(58)50-31(41(44)57)18-19-34(54)45-20-9-4-10-21-46-37-28-14-7-8-15-29(28)49-30-16-11-17-32(36(30)37)51(59)60/h3,5-8,11-17,25,31,33,38-40,43,52,56H,4,9-10,18-24H2,1-2H3,(H2,44,57)(H,45,54)(H,46,49)(H,47,55)(H,48,53)(H,50,58)/t25-,31+,33+,38-,39+,40+,43-/m0/s1. The first kappa shape index (κ1) is 47.7. The van der Waals surface area contributed by atoms with Gasteiger partial charge in [0.15, 0.2) is 6.29 Å². The lowest BCUT2D eigenvalue weighted by Gasteiger charge is -2.44. The van der Waals surface area contributed by atoms with Crippen LogP contribution in [0.4, 0.5) is 11.4 Å². The molecule has 2 heterocycles. The average molecular weight is 875 g/mol. The highest BCUT2D eigenvalue weighted by molar-refractivity contribution is 6.11. The number of unbranched alkanes of at least 4 members (excludes halogenated alkanes) is 2. The number of nitro groups is 1. The van der Waals surface area contributed by atoms with Gasteiger partial charge in [-0.2, -0.15) is 0 Å². The number of hydrogen-bond acceptors (Lipinski definition) is 14. The Bertz CT molecular complexity index is 2230. The molecule has 3 aromatic carbocycles. The van der Waals surface area contributed by atoms with Crippen LogP contribution in [0.1, 0.15) is 51.5 Å². The molecule has 1 saturated heterocycles. The Morgan fingerprint density at radius 1 is 0.921 bits per heavy atom. The van der Waals surface area contributed by atoms with Gasteiger partial charge in [0.1, 0.15) is 48.4 Å². The van der Waals surface area contributed by atoms with Crippen molar-refractivity contribution < 1.29 is 53.3 Å². The maximum absolute atomic E-state index is 13.0. The number of amides is 5. The Balaban J connectivity index is 1.03. The topological polar surface area (TPSA) is 296 Å². The quantitative estimate of drug-likeness (QED) is 0.0227. The number of aliphatic hydroxyl groups excluding tert-OH is 2. The fourth-order valence-corrected chi connectivity index (χ4v) is 7.15. The SMILES string of the molecule is CC(=O)N[C@@H]1[C@@H](OCc2ccccc2)O[C@H](CO)[C@@H](O)[C@@H]1OCC(=O)N[C@@H](C)C(=O)N[C@H](CCC(=O)NCCCCCNc1c2ccccc2nc2cccc([N+](=O)[O-])c12)C(N)=O. The number of nitro benzene ring substituents is 1. The molecule has 20 nitrogen and oxygen atoms in total. The number of aromatic nitrogens is 1. The number of nitrogens with zero attached hydrogens (tertiary/aromatic N) is 2. The highest BCUT2D eigenvalue weighted by Gasteiger charge is 2.47. The van der Waals surface area contributed by atoms with Crippen molar-refractivity contribution in [3.63, 3.8) is 0 Å². The van der Waals surface area contributed by atoms with E-state index in [2.05, 4.69) is 31.6 Å². The van der Waals surface area contributed by atoms with Crippen LogP contribution in [-0.4, -0.2) is 119 Å². The maximum Gasteiger partial charge on any atom is 0.280 e. The van der Waals surface area contributed by atoms with Crippen LogP contribution in [-0.2, 0) is 44.8 Å². The third-order valence-electron chi connectivity index (χ3n) is 10.3. The Morgan fingerprint density at radius 2 is 1.63 bits per heavy atom.